The standard InChI is InChI=1S/C13H12BrFN2O/c1-7-3-9(4-8(2)17-7)18-13-6-11(15)10(14)5-12(13)16/h3-6H,16H2,1-2H3. The molecule has 94 valence electrons. The summed E-state index contributed by atoms with van der Waals surface area (Å²) in [6, 6.07) is 6.27. The number of rotatable bonds is 2. The molecule has 0 atom stereocenters. The molecule has 0 amide bonds. The van der Waals surface area contributed by atoms with Gasteiger partial charge in [-0.2, -0.15) is 0 Å². The van der Waals surface area contributed by atoms with E-state index in [9.17, 15) is 4.39 Å². The Morgan fingerprint density at radius 1 is 1.17 bits per heavy atom. The van der Waals surface area contributed by atoms with Gasteiger partial charge in [-0.25, -0.2) is 4.39 Å². The summed E-state index contributed by atoms with van der Waals surface area (Å²) >= 11 is 3.07. The molecule has 0 saturated heterocycles. The smallest absolute Gasteiger partial charge is 0.153 e. The van der Waals surface area contributed by atoms with Crippen molar-refractivity contribution < 1.29 is 9.13 Å². The summed E-state index contributed by atoms with van der Waals surface area (Å²) < 4.78 is 19.3. The lowest BCUT2D eigenvalue weighted by molar-refractivity contribution is 0.477. The molecule has 1 heterocycles. The van der Waals surface area contributed by atoms with E-state index in [0.717, 1.165) is 11.4 Å². The summed E-state index contributed by atoms with van der Waals surface area (Å²) in [7, 11) is 0. The lowest BCUT2D eigenvalue weighted by Crippen LogP contribution is -1.95. The normalized spacial score (nSPS) is 10.4. The fourth-order valence-electron chi connectivity index (χ4n) is 1.61. The number of nitrogens with two attached hydrogens (primary N) is 1. The Balaban J connectivity index is 2.36. The van der Waals surface area contributed by atoms with Crippen LogP contribution in [0.15, 0.2) is 28.7 Å². The van der Waals surface area contributed by atoms with Gasteiger partial charge in [0.2, 0.25) is 0 Å². The van der Waals surface area contributed by atoms with Gasteiger partial charge in [0.1, 0.15) is 11.6 Å². The number of nitrogen functional groups attached to an aromatic ring is 1. The van der Waals surface area contributed by atoms with E-state index in [1.165, 1.54) is 12.1 Å². The van der Waals surface area contributed by atoms with Crippen LogP contribution in [0.1, 0.15) is 11.4 Å². The van der Waals surface area contributed by atoms with Gasteiger partial charge in [0, 0.05) is 29.6 Å². The van der Waals surface area contributed by atoms with Crippen LogP contribution in [0, 0.1) is 19.7 Å². The average Bonchev–Trinajstić information content (AvgIpc) is 2.24. The second kappa shape index (κ2) is 4.94. The van der Waals surface area contributed by atoms with Crippen LogP contribution in [0.3, 0.4) is 0 Å². The monoisotopic (exact) mass is 310 g/mol. The minimum Gasteiger partial charge on any atom is -0.455 e. The molecule has 18 heavy (non-hydrogen) atoms. The molecule has 1 aromatic carbocycles. The Labute approximate surface area is 113 Å². The van der Waals surface area contributed by atoms with Crippen LogP contribution < -0.4 is 10.5 Å². The van der Waals surface area contributed by atoms with E-state index < -0.39 is 5.82 Å². The summed E-state index contributed by atoms with van der Waals surface area (Å²) in [6.07, 6.45) is 0. The Bertz CT molecular complexity index is 582. The van der Waals surface area contributed by atoms with Gasteiger partial charge < -0.3 is 10.5 Å². The number of hydrogen-bond acceptors (Lipinski definition) is 3. The second-order valence-electron chi connectivity index (χ2n) is 3.99. The highest BCUT2D eigenvalue weighted by Gasteiger charge is 2.08. The molecular weight excluding hydrogens is 299 g/mol. The predicted molar refractivity (Wildman–Crippen MR) is 72.3 cm³/mol. The van der Waals surface area contributed by atoms with Gasteiger partial charge in [0.25, 0.3) is 0 Å². The highest BCUT2D eigenvalue weighted by molar-refractivity contribution is 9.10. The largest absolute Gasteiger partial charge is 0.455 e. The van der Waals surface area contributed by atoms with Crippen LogP contribution >= 0.6 is 15.9 Å². The molecule has 5 heteroatoms. The Morgan fingerprint density at radius 3 is 2.39 bits per heavy atom. The molecule has 3 nitrogen and oxygen atoms in total. The molecule has 0 radical (unpaired) electrons. The Hall–Kier alpha value is -1.62. The van der Waals surface area contributed by atoms with Crippen molar-refractivity contribution in [3.05, 3.63) is 45.9 Å². The molecule has 1 aromatic heterocycles. The van der Waals surface area contributed by atoms with Gasteiger partial charge in [-0.15, -0.1) is 0 Å². The summed E-state index contributed by atoms with van der Waals surface area (Å²) in [5.41, 5.74) is 7.82. The molecule has 0 aliphatic carbocycles. The fourth-order valence-corrected chi connectivity index (χ4v) is 1.98. The van der Waals surface area contributed by atoms with Crippen molar-refractivity contribution in [3.63, 3.8) is 0 Å². The number of aromatic nitrogens is 1. The lowest BCUT2D eigenvalue weighted by Gasteiger charge is -2.10. The Kier molecular flexibility index (Phi) is 3.52. The molecule has 0 aliphatic heterocycles. The molecule has 2 N–H and O–H groups in total. The van der Waals surface area contributed by atoms with Crippen LogP contribution in [0.4, 0.5) is 10.1 Å². The summed E-state index contributed by atoms with van der Waals surface area (Å²) in [5.74, 6) is 0.468. The van der Waals surface area contributed by atoms with E-state index >= 15 is 0 Å². The molecule has 0 fully saturated rings. The van der Waals surface area contributed by atoms with E-state index in [4.69, 9.17) is 10.5 Å². The molecule has 2 aromatic rings. The molecule has 0 saturated carbocycles. The molecule has 0 spiro atoms. The summed E-state index contributed by atoms with van der Waals surface area (Å²) in [5, 5.41) is 0. The highest BCUT2D eigenvalue weighted by Crippen LogP contribution is 2.32. The maximum Gasteiger partial charge on any atom is 0.153 e. The van der Waals surface area contributed by atoms with Gasteiger partial charge in [0.15, 0.2) is 5.75 Å². The van der Waals surface area contributed by atoms with Crippen LogP contribution in [-0.2, 0) is 0 Å². The van der Waals surface area contributed by atoms with Crippen LogP contribution in [0.5, 0.6) is 11.5 Å². The van der Waals surface area contributed by atoms with E-state index in [0.29, 0.717) is 21.7 Å². The molecular formula is C13H12BrFN2O. The topological polar surface area (TPSA) is 48.1 Å². The highest BCUT2D eigenvalue weighted by atomic mass is 79.9. The number of benzene rings is 1. The minimum atomic E-state index is -0.415. The van der Waals surface area contributed by atoms with Crippen molar-refractivity contribution in [1.82, 2.24) is 4.98 Å². The number of ether oxygens (including phenoxy) is 1. The van der Waals surface area contributed by atoms with Crippen molar-refractivity contribution in [2.24, 2.45) is 0 Å². The first-order chi connectivity index (χ1) is 8.45. The van der Waals surface area contributed by atoms with Gasteiger partial charge in [0.05, 0.1) is 10.2 Å². The molecule has 0 bridgehead atoms. The van der Waals surface area contributed by atoms with E-state index in [-0.39, 0.29) is 0 Å². The maximum atomic E-state index is 13.4. The third kappa shape index (κ3) is 2.79. The quantitative estimate of drug-likeness (QED) is 0.854. The number of aryl methyl sites for hydroxylation is 2. The third-order valence-electron chi connectivity index (χ3n) is 2.34. The number of halogens is 2. The van der Waals surface area contributed by atoms with E-state index in [1.54, 1.807) is 12.1 Å². The van der Waals surface area contributed by atoms with Crippen LogP contribution in [-0.4, -0.2) is 4.98 Å². The van der Waals surface area contributed by atoms with Gasteiger partial charge in [-0.3, -0.25) is 4.98 Å². The third-order valence-corrected chi connectivity index (χ3v) is 2.94. The number of hydrogen-bond donors (Lipinski definition) is 1. The van der Waals surface area contributed by atoms with Gasteiger partial charge in [-0.05, 0) is 35.8 Å². The van der Waals surface area contributed by atoms with Crippen molar-refractivity contribution in [1.29, 1.82) is 0 Å². The zero-order valence-electron chi connectivity index (χ0n) is 10.00. The number of nitrogens with zero attached hydrogens (tertiary/aromatic N) is 1. The van der Waals surface area contributed by atoms with Gasteiger partial charge >= 0.3 is 0 Å². The lowest BCUT2D eigenvalue weighted by atomic mass is 10.2. The van der Waals surface area contributed by atoms with Crippen molar-refractivity contribution >= 4 is 21.6 Å². The first-order valence-corrected chi connectivity index (χ1v) is 6.12. The van der Waals surface area contributed by atoms with E-state index in [2.05, 4.69) is 20.9 Å². The average molecular weight is 311 g/mol. The summed E-state index contributed by atoms with van der Waals surface area (Å²) in [6.45, 7) is 3.73. The minimum absolute atomic E-state index is 0.292. The summed E-state index contributed by atoms with van der Waals surface area (Å²) in [4.78, 5) is 4.24. The number of anilines is 1. The SMILES string of the molecule is Cc1cc(Oc2cc(F)c(Br)cc2N)cc(C)n1. The Morgan fingerprint density at radius 2 is 1.78 bits per heavy atom. The zero-order valence-corrected chi connectivity index (χ0v) is 11.6. The van der Waals surface area contributed by atoms with Crippen LogP contribution in [0.2, 0.25) is 0 Å². The van der Waals surface area contributed by atoms with Crippen molar-refractivity contribution in [2.45, 2.75) is 13.8 Å². The maximum absolute atomic E-state index is 13.4. The first kappa shape index (κ1) is 12.8. The van der Waals surface area contributed by atoms with Crippen molar-refractivity contribution in [2.75, 3.05) is 5.73 Å². The first-order valence-electron chi connectivity index (χ1n) is 5.33. The predicted octanol–water partition coefficient (Wildman–Crippen LogP) is 3.97. The van der Waals surface area contributed by atoms with E-state index in [1.807, 2.05) is 13.8 Å². The molecule has 0 unspecified atom stereocenters. The van der Waals surface area contributed by atoms with Crippen molar-refractivity contribution in [3.8, 4) is 11.5 Å². The number of pyridine rings is 1. The molecule has 0 aliphatic rings. The second-order valence-corrected chi connectivity index (χ2v) is 4.85. The zero-order chi connectivity index (χ0) is 13.3. The molecule has 2 rings (SSSR count). The fraction of sp³-hybridized carbons (Fsp3) is 0.154. The van der Waals surface area contributed by atoms with Gasteiger partial charge in [-0.1, -0.05) is 0 Å². The van der Waals surface area contributed by atoms with Crippen LogP contribution in [0.25, 0.3) is 0 Å².